The van der Waals surface area contributed by atoms with Crippen molar-refractivity contribution >= 4 is 0 Å². The summed E-state index contributed by atoms with van der Waals surface area (Å²) < 4.78 is 11.3. The summed E-state index contributed by atoms with van der Waals surface area (Å²) in [6.45, 7) is 1.06. The van der Waals surface area contributed by atoms with Gasteiger partial charge in [0.1, 0.15) is 0 Å². The number of rotatable bonds is 2. The van der Waals surface area contributed by atoms with Crippen molar-refractivity contribution in [2.24, 2.45) is 0 Å². The zero-order valence-electron chi connectivity index (χ0n) is 10.5. The van der Waals surface area contributed by atoms with Crippen LogP contribution < -0.4 is 5.32 Å². The minimum atomic E-state index is 0.263. The highest BCUT2D eigenvalue weighted by molar-refractivity contribution is 5.08. The highest BCUT2D eigenvalue weighted by Gasteiger charge is 2.43. The van der Waals surface area contributed by atoms with E-state index in [1.807, 2.05) is 0 Å². The van der Waals surface area contributed by atoms with Crippen LogP contribution in [0, 0.1) is 0 Å². The summed E-state index contributed by atoms with van der Waals surface area (Å²) >= 11 is 0. The maximum atomic E-state index is 5.86. The average molecular weight is 249 g/mol. The third kappa shape index (κ3) is 1.77. The molecule has 0 spiro atoms. The van der Waals surface area contributed by atoms with Crippen molar-refractivity contribution in [3.8, 4) is 0 Å². The molecule has 98 valence electrons. The van der Waals surface area contributed by atoms with Crippen LogP contribution in [-0.2, 0) is 4.74 Å². The van der Waals surface area contributed by atoms with Crippen LogP contribution in [0.5, 0.6) is 0 Å². The molecule has 5 heteroatoms. The van der Waals surface area contributed by atoms with Crippen molar-refractivity contribution in [3.05, 3.63) is 11.7 Å². The lowest BCUT2D eigenvalue weighted by molar-refractivity contribution is 0.0996. The maximum absolute atomic E-state index is 5.86. The summed E-state index contributed by atoms with van der Waals surface area (Å²) in [6, 6.07) is 0.263. The van der Waals surface area contributed by atoms with E-state index in [0.29, 0.717) is 18.1 Å². The first-order valence-electron chi connectivity index (χ1n) is 7.12. The van der Waals surface area contributed by atoms with Gasteiger partial charge in [0.05, 0.1) is 24.2 Å². The van der Waals surface area contributed by atoms with Gasteiger partial charge >= 0.3 is 0 Å². The fourth-order valence-corrected chi connectivity index (χ4v) is 3.51. The Morgan fingerprint density at radius 3 is 2.89 bits per heavy atom. The second-order valence-electron chi connectivity index (χ2n) is 5.71. The smallest absolute Gasteiger partial charge is 0.243 e. The molecule has 3 saturated heterocycles. The normalized spacial score (nSPS) is 39.3. The Hall–Kier alpha value is -0.940. The van der Waals surface area contributed by atoms with Crippen molar-refractivity contribution in [2.45, 2.75) is 62.7 Å². The molecule has 0 amide bonds. The van der Waals surface area contributed by atoms with Crippen molar-refractivity contribution < 1.29 is 9.26 Å². The molecule has 0 aliphatic carbocycles. The molecule has 1 aromatic rings. The number of nitrogens with zero attached hydrogens (tertiary/aromatic N) is 2. The standard InChI is InChI=1S/C13H19N3O2/c1-2-6-14-10(3-1)13-15-12(16-18-13)9-7-8-4-5-11(9)17-8/h8-11,14H,1-7H2/t8?,9?,10-,11?/m1/s1. The van der Waals surface area contributed by atoms with E-state index in [9.17, 15) is 0 Å². The predicted molar refractivity (Wildman–Crippen MR) is 64.1 cm³/mol. The Morgan fingerprint density at radius 1 is 1.17 bits per heavy atom. The predicted octanol–water partition coefficient (Wildman–Crippen LogP) is 1.92. The minimum Gasteiger partial charge on any atom is -0.374 e. The molecule has 2 bridgehead atoms. The van der Waals surface area contributed by atoms with E-state index in [-0.39, 0.29) is 6.04 Å². The molecule has 1 N–H and O–H groups in total. The molecule has 4 atom stereocenters. The van der Waals surface area contributed by atoms with E-state index in [2.05, 4.69) is 15.5 Å². The van der Waals surface area contributed by atoms with Gasteiger partial charge in [0.2, 0.25) is 5.89 Å². The Bertz CT molecular complexity index is 428. The quantitative estimate of drug-likeness (QED) is 0.867. The Labute approximate surface area is 106 Å². The molecular formula is C13H19N3O2. The number of ether oxygens (including phenoxy) is 1. The summed E-state index contributed by atoms with van der Waals surface area (Å²) in [7, 11) is 0. The first-order chi connectivity index (χ1) is 8.90. The van der Waals surface area contributed by atoms with Crippen LogP contribution in [0.25, 0.3) is 0 Å². The van der Waals surface area contributed by atoms with Crippen molar-refractivity contribution in [2.75, 3.05) is 6.54 Å². The van der Waals surface area contributed by atoms with Gasteiger partial charge in [-0.3, -0.25) is 0 Å². The summed E-state index contributed by atoms with van der Waals surface area (Å²) in [5, 5.41) is 7.63. The lowest BCUT2D eigenvalue weighted by Crippen LogP contribution is -2.27. The number of hydrogen-bond donors (Lipinski definition) is 1. The van der Waals surface area contributed by atoms with Crippen molar-refractivity contribution in [1.29, 1.82) is 0 Å². The van der Waals surface area contributed by atoms with Crippen molar-refractivity contribution in [3.63, 3.8) is 0 Å². The molecule has 1 aromatic heterocycles. The van der Waals surface area contributed by atoms with Gasteiger partial charge in [-0.25, -0.2) is 0 Å². The number of fused-ring (bicyclic) bond motifs is 2. The molecule has 4 rings (SSSR count). The van der Waals surface area contributed by atoms with Gasteiger partial charge in [-0.15, -0.1) is 0 Å². The van der Waals surface area contributed by atoms with Gasteiger partial charge in [-0.1, -0.05) is 11.6 Å². The second-order valence-corrected chi connectivity index (χ2v) is 5.71. The fourth-order valence-electron chi connectivity index (χ4n) is 3.51. The first kappa shape index (κ1) is 10.9. The number of aromatic nitrogens is 2. The van der Waals surface area contributed by atoms with Crippen LogP contribution in [-0.4, -0.2) is 28.9 Å². The van der Waals surface area contributed by atoms with Gasteiger partial charge in [0.25, 0.3) is 0 Å². The van der Waals surface area contributed by atoms with E-state index in [4.69, 9.17) is 9.26 Å². The van der Waals surface area contributed by atoms with Crippen LogP contribution in [0.4, 0.5) is 0 Å². The molecule has 3 unspecified atom stereocenters. The molecule has 0 radical (unpaired) electrons. The van der Waals surface area contributed by atoms with Gasteiger partial charge in [0, 0.05) is 0 Å². The van der Waals surface area contributed by atoms with E-state index >= 15 is 0 Å². The third-order valence-corrected chi connectivity index (χ3v) is 4.50. The monoisotopic (exact) mass is 249 g/mol. The van der Waals surface area contributed by atoms with Gasteiger partial charge in [-0.2, -0.15) is 4.98 Å². The van der Waals surface area contributed by atoms with Crippen LogP contribution in [0.1, 0.15) is 62.2 Å². The Morgan fingerprint density at radius 2 is 2.17 bits per heavy atom. The summed E-state index contributed by atoms with van der Waals surface area (Å²) in [4.78, 5) is 4.61. The lowest BCUT2D eigenvalue weighted by Gasteiger charge is -2.19. The van der Waals surface area contributed by atoms with Crippen molar-refractivity contribution in [1.82, 2.24) is 15.5 Å². The summed E-state index contributed by atoms with van der Waals surface area (Å²) in [5.74, 6) is 2.00. The molecule has 18 heavy (non-hydrogen) atoms. The lowest BCUT2D eigenvalue weighted by atomic mass is 9.89. The number of hydrogen-bond acceptors (Lipinski definition) is 5. The minimum absolute atomic E-state index is 0.263. The molecule has 3 fully saturated rings. The SMILES string of the molecule is C1CC[C@H](c2nc(C3CC4CCC3O4)no2)NC1. The second kappa shape index (κ2) is 4.31. The molecule has 3 aliphatic heterocycles. The van der Waals surface area contributed by atoms with Gasteiger partial charge < -0.3 is 14.6 Å². The highest BCUT2D eigenvalue weighted by Crippen LogP contribution is 2.43. The molecule has 4 heterocycles. The van der Waals surface area contributed by atoms with Crippen LogP contribution in [0.2, 0.25) is 0 Å². The van der Waals surface area contributed by atoms with E-state index in [1.165, 1.54) is 19.3 Å². The molecule has 5 nitrogen and oxygen atoms in total. The average Bonchev–Trinajstić information content (AvgIpc) is 3.15. The van der Waals surface area contributed by atoms with Crippen LogP contribution in [0.15, 0.2) is 4.52 Å². The highest BCUT2D eigenvalue weighted by atomic mass is 16.5. The Balaban J connectivity index is 1.51. The molecule has 3 aliphatic rings. The zero-order chi connectivity index (χ0) is 11.9. The number of nitrogens with one attached hydrogen (secondary N) is 1. The van der Waals surface area contributed by atoms with Crippen LogP contribution in [0.3, 0.4) is 0 Å². The largest absolute Gasteiger partial charge is 0.374 e. The van der Waals surface area contributed by atoms with Crippen LogP contribution >= 0.6 is 0 Å². The van der Waals surface area contributed by atoms with E-state index in [1.54, 1.807) is 0 Å². The Kier molecular flexibility index (Phi) is 2.62. The first-order valence-corrected chi connectivity index (χ1v) is 7.12. The van der Waals surface area contributed by atoms with Gasteiger partial charge in [-0.05, 0) is 38.6 Å². The molecule has 0 saturated carbocycles. The topological polar surface area (TPSA) is 60.2 Å². The van der Waals surface area contributed by atoms with E-state index in [0.717, 1.165) is 37.5 Å². The zero-order valence-corrected chi connectivity index (χ0v) is 10.5. The fraction of sp³-hybridized carbons (Fsp3) is 0.846. The van der Waals surface area contributed by atoms with E-state index < -0.39 is 0 Å². The molecular weight excluding hydrogens is 230 g/mol. The van der Waals surface area contributed by atoms with Gasteiger partial charge in [0.15, 0.2) is 5.82 Å². The summed E-state index contributed by atoms with van der Waals surface area (Å²) in [6.07, 6.45) is 7.80. The molecule has 0 aromatic carbocycles. The third-order valence-electron chi connectivity index (χ3n) is 4.50. The maximum Gasteiger partial charge on any atom is 0.243 e. The number of piperidine rings is 1. The summed E-state index contributed by atoms with van der Waals surface area (Å²) in [5.41, 5.74) is 0.